The number of aliphatic hydroxyl groups excluding tert-OH is 1. The maximum Gasteiger partial charge on any atom is 0.191 e. The van der Waals surface area contributed by atoms with Crippen molar-refractivity contribution < 1.29 is 14.6 Å². The van der Waals surface area contributed by atoms with Crippen molar-refractivity contribution >= 4 is 5.78 Å². The quantitative estimate of drug-likeness (QED) is 0.715. The summed E-state index contributed by atoms with van der Waals surface area (Å²) in [7, 11) is 0. The van der Waals surface area contributed by atoms with Crippen LogP contribution in [0.15, 0.2) is 24.3 Å². The first-order valence-electron chi connectivity index (χ1n) is 4.67. The van der Waals surface area contributed by atoms with Gasteiger partial charge in [0.15, 0.2) is 5.78 Å². The van der Waals surface area contributed by atoms with Gasteiger partial charge in [0.1, 0.15) is 12.9 Å². The number of carbonyl (C=O) groups is 1. The molecule has 1 aromatic rings. The maximum atomic E-state index is 11.8. The zero-order valence-electron chi connectivity index (χ0n) is 7.77. The van der Waals surface area contributed by atoms with Crippen LogP contribution >= 0.6 is 0 Å². The summed E-state index contributed by atoms with van der Waals surface area (Å²) in [5.74, 6) is -0.0131. The lowest BCUT2D eigenvalue weighted by molar-refractivity contribution is -0.0418. The van der Waals surface area contributed by atoms with E-state index < -0.39 is 12.9 Å². The number of carbonyl (C=O) groups excluding carboxylic acids is 1. The van der Waals surface area contributed by atoms with E-state index in [-0.39, 0.29) is 5.78 Å². The number of benzene rings is 1. The average Bonchev–Trinajstić information content (AvgIpc) is 2.23. The van der Waals surface area contributed by atoms with E-state index in [4.69, 9.17) is 9.84 Å². The first-order chi connectivity index (χ1) is 6.83. The second-order valence-electron chi connectivity index (χ2n) is 3.34. The zero-order chi connectivity index (χ0) is 9.97. The van der Waals surface area contributed by atoms with Crippen LogP contribution in [0.1, 0.15) is 22.3 Å². The lowest BCUT2D eigenvalue weighted by atomic mass is 9.89. The number of hydrogen-bond acceptors (Lipinski definition) is 3. The summed E-state index contributed by atoms with van der Waals surface area (Å²) >= 11 is 0. The molecule has 0 spiro atoms. The minimum Gasteiger partial charge on any atom is -0.371 e. The summed E-state index contributed by atoms with van der Waals surface area (Å²) in [6, 6.07) is 7.55. The fraction of sp³-hybridized carbons (Fsp3) is 0.364. The van der Waals surface area contributed by atoms with Crippen LogP contribution < -0.4 is 0 Å². The van der Waals surface area contributed by atoms with Gasteiger partial charge in [0, 0.05) is 5.56 Å². The van der Waals surface area contributed by atoms with Gasteiger partial charge in [-0.15, -0.1) is 0 Å². The van der Waals surface area contributed by atoms with Crippen LogP contribution in [0.5, 0.6) is 0 Å². The van der Waals surface area contributed by atoms with Crippen molar-refractivity contribution in [3.8, 4) is 0 Å². The highest BCUT2D eigenvalue weighted by Crippen LogP contribution is 2.22. The predicted molar refractivity (Wildman–Crippen MR) is 51.1 cm³/mol. The average molecular weight is 192 g/mol. The third kappa shape index (κ3) is 1.56. The molecule has 1 aliphatic rings. The van der Waals surface area contributed by atoms with Crippen molar-refractivity contribution in [3.05, 3.63) is 35.4 Å². The largest absolute Gasteiger partial charge is 0.371 e. The van der Waals surface area contributed by atoms with Crippen molar-refractivity contribution in [1.29, 1.82) is 0 Å². The molecule has 3 nitrogen and oxygen atoms in total. The highest BCUT2D eigenvalue weighted by Gasteiger charge is 2.27. The molecule has 0 heterocycles. The molecule has 0 radical (unpaired) electrons. The molecule has 74 valence electrons. The molecule has 0 saturated heterocycles. The molecule has 14 heavy (non-hydrogen) atoms. The summed E-state index contributed by atoms with van der Waals surface area (Å²) < 4.78 is 4.96. The molecule has 0 amide bonds. The first-order valence-corrected chi connectivity index (χ1v) is 4.67. The minimum absolute atomic E-state index is 0.0131. The second-order valence-corrected chi connectivity index (χ2v) is 3.34. The summed E-state index contributed by atoms with van der Waals surface area (Å²) in [6.07, 6.45) is 1.04. The maximum absolute atomic E-state index is 11.8. The van der Waals surface area contributed by atoms with E-state index in [1.807, 2.05) is 24.3 Å². The molecule has 1 atom stereocenters. The number of rotatable bonds is 2. The highest BCUT2D eigenvalue weighted by molar-refractivity contribution is 6.01. The summed E-state index contributed by atoms with van der Waals surface area (Å²) in [5.41, 5.74) is 1.81. The lowest BCUT2D eigenvalue weighted by Gasteiger charge is -2.22. The summed E-state index contributed by atoms with van der Waals surface area (Å²) in [6.45, 7) is -0.390. The number of aryl methyl sites for hydroxylation is 1. The Hall–Kier alpha value is -1.19. The second kappa shape index (κ2) is 3.90. The van der Waals surface area contributed by atoms with E-state index in [1.54, 1.807) is 0 Å². The SMILES string of the molecule is O=C1c2ccccc2CCC1OCO. The van der Waals surface area contributed by atoms with Gasteiger partial charge >= 0.3 is 0 Å². The molecule has 0 saturated carbocycles. The fourth-order valence-corrected chi connectivity index (χ4v) is 1.82. The molecule has 0 fully saturated rings. The van der Waals surface area contributed by atoms with Crippen molar-refractivity contribution in [2.45, 2.75) is 18.9 Å². The van der Waals surface area contributed by atoms with Gasteiger partial charge in [0.05, 0.1) is 0 Å². The Morgan fingerprint density at radius 1 is 1.43 bits per heavy atom. The van der Waals surface area contributed by atoms with Gasteiger partial charge in [-0.05, 0) is 18.4 Å². The summed E-state index contributed by atoms with van der Waals surface area (Å²) in [5, 5.41) is 8.61. The molecule has 0 aromatic heterocycles. The number of hydrogen-bond donors (Lipinski definition) is 1. The number of Topliss-reactive ketones (excluding diaryl/α,β-unsaturated/α-hetero) is 1. The summed E-state index contributed by atoms with van der Waals surface area (Å²) in [4.78, 5) is 11.8. The third-order valence-electron chi connectivity index (χ3n) is 2.53. The molecule has 1 N–H and O–H groups in total. The van der Waals surface area contributed by atoms with E-state index in [2.05, 4.69) is 0 Å². The van der Waals surface area contributed by atoms with Crippen molar-refractivity contribution in [1.82, 2.24) is 0 Å². The van der Waals surface area contributed by atoms with Crippen molar-refractivity contribution in [2.24, 2.45) is 0 Å². The Bertz CT molecular complexity index is 346. The standard InChI is InChI=1S/C11H12O3/c12-7-14-10-6-5-8-3-1-2-4-9(8)11(10)13/h1-4,10,12H,5-7H2. The number of ketones is 1. The Labute approximate surface area is 82.3 Å². The van der Waals surface area contributed by atoms with Gasteiger partial charge in [-0.25, -0.2) is 0 Å². The van der Waals surface area contributed by atoms with Gasteiger partial charge in [-0.1, -0.05) is 24.3 Å². The van der Waals surface area contributed by atoms with Crippen LogP contribution in [-0.4, -0.2) is 23.8 Å². The Balaban J connectivity index is 2.27. The van der Waals surface area contributed by atoms with E-state index in [9.17, 15) is 4.79 Å². The van der Waals surface area contributed by atoms with Crippen molar-refractivity contribution in [3.63, 3.8) is 0 Å². The van der Waals surface area contributed by atoms with E-state index in [0.717, 1.165) is 17.5 Å². The third-order valence-corrected chi connectivity index (χ3v) is 2.53. The van der Waals surface area contributed by atoms with Gasteiger partial charge in [0.25, 0.3) is 0 Å². The molecule has 1 aromatic carbocycles. The Morgan fingerprint density at radius 3 is 3.00 bits per heavy atom. The van der Waals surface area contributed by atoms with Crippen molar-refractivity contribution in [2.75, 3.05) is 6.79 Å². The molecule has 0 bridgehead atoms. The Kier molecular flexibility index (Phi) is 2.61. The van der Waals surface area contributed by atoms with Crippen LogP contribution in [0.2, 0.25) is 0 Å². The zero-order valence-corrected chi connectivity index (χ0v) is 7.77. The van der Waals surface area contributed by atoms with Crippen LogP contribution in [0.4, 0.5) is 0 Å². The molecule has 1 aliphatic carbocycles. The van der Waals surface area contributed by atoms with Gasteiger partial charge in [0.2, 0.25) is 0 Å². The van der Waals surface area contributed by atoms with E-state index >= 15 is 0 Å². The van der Waals surface area contributed by atoms with Gasteiger partial charge < -0.3 is 9.84 Å². The molecular weight excluding hydrogens is 180 g/mol. The van der Waals surface area contributed by atoms with Crippen LogP contribution in [0, 0.1) is 0 Å². The van der Waals surface area contributed by atoms with Gasteiger partial charge in [-0.2, -0.15) is 0 Å². The molecule has 0 aliphatic heterocycles. The monoisotopic (exact) mass is 192 g/mol. The molecular formula is C11H12O3. The number of aliphatic hydroxyl groups is 1. The predicted octanol–water partition coefficient (Wildman–Crippen LogP) is 1.15. The van der Waals surface area contributed by atoms with Gasteiger partial charge in [-0.3, -0.25) is 4.79 Å². The fourth-order valence-electron chi connectivity index (χ4n) is 1.82. The first kappa shape index (κ1) is 9.37. The van der Waals surface area contributed by atoms with Crippen LogP contribution in [0.25, 0.3) is 0 Å². The Morgan fingerprint density at radius 2 is 2.21 bits per heavy atom. The lowest BCUT2D eigenvalue weighted by Crippen LogP contribution is -2.30. The van der Waals surface area contributed by atoms with Crippen LogP contribution in [0.3, 0.4) is 0 Å². The molecule has 3 heteroatoms. The molecule has 2 rings (SSSR count). The van der Waals surface area contributed by atoms with E-state index in [1.165, 1.54) is 0 Å². The minimum atomic E-state index is -0.463. The topological polar surface area (TPSA) is 46.5 Å². The normalized spacial score (nSPS) is 20.6. The highest BCUT2D eigenvalue weighted by atomic mass is 16.6. The number of ether oxygens (including phenoxy) is 1. The molecule has 1 unspecified atom stereocenters. The smallest absolute Gasteiger partial charge is 0.191 e. The van der Waals surface area contributed by atoms with E-state index in [0.29, 0.717) is 6.42 Å². The number of fused-ring (bicyclic) bond motifs is 1. The van der Waals surface area contributed by atoms with Crippen LogP contribution in [-0.2, 0) is 11.2 Å².